The molecular weight excluding hydrogens is 194 g/mol. The number of hydrogen-bond acceptors (Lipinski definition) is 1. The lowest BCUT2D eigenvalue weighted by Gasteiger charge is -2.13. The Morgan fingerprint density at radius 2 is 1.71 bits per heavy atom. The summed E-state index contributed by atoms with van der Waals surface area (Å²) in [6.45, 7) is 4.43. The summed E-state index contributed by atoms with van der Waals surface area (Å²) in [7, 11) is 0. The number of rotatable bonds is 4. The Hall–Kier alpha value is -0.530. The van der Waals surface area contributed by atoms with Crippen LogP contribution in [-0.2, 0) is 0 Å². The van der Waals surface area contributed by atoms with Gasteiger partial charge in [0, 0.05) is 11.1 Å². The van der Waals surface area contributed by atoms with Gasteiger partial charge in [-0.05, 0) is 36.5 Å². The standard InChI is InChI=1S/C12H18ClN/c1-9(2)3-8-12(14)10-4-6-11(13)7-5-10/h4-7,9,12H,3,8,14H2,1-2H3. The Morgan fingerprint density at radius 3 is 2.21 bits per heavy atom. The summed E-state index contributed by atoms with van der Waals surface area (Å²) in [6, 6.07) is 7.95. The van der Waals surface area contributed by atoms with Gasteiger partial charge in [0.1, 0.15) is 0 Å². The van der Waals surface area contributed by atoms with E-state index in [1.165, 1.54) is 12.0 Å². The summed E-state index contributed by atoms with van der Waals surface area (Å²) >= 11 is 5.80. The molecule has 0 bridgehead atoms. The molecule has 1 atom stereocenters. The molecule has 0 radical (unpaired) electrons. The van der Waals surface area contributed by atoms with E-state index in [9.17, 15) is 0 Å². The molecule has 2 heteroatoms. The molecule has 1 aromatic rings. The molecule has 1 aromatic carbocycles. The van der Waals surface area contributed by atoms with E-state index in [-0.39, 0.29) is 6.04 Å². The van der Waals surface area contributed by atoms with Crippen LogP contribution >= 0.6 is 11.6 Å². The van der Waals surface area contributed by atoms with Crippen LogP contribution in [0, 0.1) is 5.92 Å². The van der Waals surface area contributed by atoms with Crippen LogP contribution in [0.3, 0.4) is 0 Å². The second kappa shape index (κ2) is 5.38. The molecule has 0 saturated heterocycles. The highest BCUT2D eigenvalue weighted by Gasteiger charge is 2.06. The lowest BCUT2D eigenvalue weighted by Crippen LogP contribution is -2.10. The molecule has 1 nitrogen and oxygen atoms in total. The summed E-state index contributed by atoms with van der Waals surface area (Å²) < 4.78 is 0. The number of hydrogen-bond donors (Lipinski definition) is 1. The predicted octanol–water partition coefficient (Wildman–Crippen LogP) is 3.78. The smallest absolute Gasteiger partial charge is 0.0406 e. The van der Waals surface area contributed by atoms with Crippen molar-refractivity contribution in [2.24, 2.45) is 11.7 Å². The zero-order valence-corrected chi connectivity index (χ0v) is 9.59. The Labute approximate surface area is 91.3 Å². The molecule has 0 heterocycles. The summed E-state index contributed by atoms with van der Waals surface area (Å²) in [5.41, 5.74) is 7.23. The zero-order valence-electron chi connectivity index (χ0n) is 8.83. The normalized spacial score (nSPS) is 13.2. The molecular formula is C12H18ClN. The van der Waals surface area contributed by atoms with Crippen molar-refractivity contribution in [1.82, 2.24) is 0 Å². The third-order valence-electron chi connectivity index (χ3n) is 2.35. The van der Waals surface area contributed by atoms with Gasteiger partial charge < -0.3 is 5.73 Å². The predicted molar refractivity (Wildman–Crippen MR) is 62.5 cm³/mol. The van der Waals surface area contributed by atoms with Crippen LogP contribution in [-0.4, -0.2) is 0 Å². The Kier molecular flexibility index (Phi) is 4.43. The molecule has 1 unspecified atom stereocenters. The summed E-state index contributed by atoms with van der Waals surface area (Å²) in [5, 5.41) is 0.768. The summed E-state index contributed by atoms with van der Waals surface area (Å²) in [4.78, 5) is 0. The molecule has 0 amide bonds. The highest BCUT2D eigenvalue weighted by Crippen LogP contribution is 2.20. The van der Waals surface area contributed by atoms with Crippen LogP contribution in [0.25, 0.3) is 0 Å². The maximum atomic E-state index is 6.05. The Balaban J connectivity index is 2.52. The summed E-state index contributed by atoms with van der Waals surface area (Å²) in [6.07, 6.45) is 2.21. The van der Waals surface area contributed by atoms with Crippen molar-refractivity contribution in [3.63, 3.8) is 0 Å². The molecule has 0 aliphatic rings. The molecule has 2 N–H and O–H groups in total. The molecule has 0 saturated carbocycles. The third kappa shape index (κ3) is 3.69. The maximum Gasteiger partial charge on any atom is 0.0406 e. The molecule has 0 aromatic heterocycles. The molecule has 0 spiro atoms. The van der Waals surface area contributed by atoms with E-state index in [0.717, 1.165) is 11.4 Å². The molecule has 14 heavy (non-hydrogen) atoms. The Bertz CT molecular complexity index is 266. The topological polar surface area (TPSA) is 26.0 Å². The van der Waals surface area contributed by atoms with Crippen LogP contribution in [0.4, 0.5) is 0 Å². The van der Waals surface area contributed by atoms with Crippen molar-refractivity contribution in [2.75, 3.05) is 0 Å². The minimum Gasteiger partial charge on any atom is -0.324 e. The van der Waals surface area contributed by atoms with Crippen LogP contribution in [0.1, 0.15) is 38.3 Å². The van der Waals surface area contributed by atoms with Crippen LogP contribution in [0.5, 0.6) is 0 Å². The fraction of sp³-hybridized carbons (Fsp3) is 0.500. The van der Waals surface area contributed by atoms with Crippen molar-refractivity contribution in [2.45, 2.75) is 32.7 Å². The molecule has 0 aliphatic heterocycles. The fourth-order valence-electron chi connectivity index (χ4n) is 1.39. The zero-order chi connectivity index (χ0) is 10.6. The highest BCUT2D eigenvalue weighted by molar-refractivity contribution is 6.30. The van der Waals surface area contributed by atoms with Crippen LogP contribution in [0.15, 0.2) is 24.3 Å². The third-order valence-corrected chi connectivity index (χ3v) is 2.61. The van der Waals surface area contributed by atoms with Crippen molar-refractivity contribution in [3.8, 4) is 0 Å². The number of benzene rings is 1. The van der Waals surface area contributed by atoms with Crippen LogP contribution in [0.2, 0.25) is 5.02 Å². The molecule has 78 valence electrons. The average molecular weight is 212 g/mol. The molecule has 1 rings (SSSR count). The monoisotopic (exact) mass is 211 g/mol. The first kappa shape index (κ1) is 11.5. The Morgan fingerprint density at radius 1 is 1.14 bits per heavy atom. The van der Waals surface area contributed by atoms with Crippen molar-refractivity contribution >= 4 is 11.6 Å². The van der Waals surface area contributed by atoms with Gasteiger partial charge in [0.25, 0.3) is 0 Å². The quantitative estimate of drug-likeness (QED) is 0.806. The minimum absolute atomic E-state index is 0.148. The lowest BCUT2D eigenvalue weighted by molar-refractivity contribution is 0.507. The van der Waals surface area contributed by atoms with Gasteiger partial charge in [0.15, 0.2) is 0 Å². The van der Waals surface area contributed by atoms with Crippen molar-refractivity contribution in [1.29, 1.82) is 0 Å². The first-order valence-corrected chi connectivity index (χ1v) is 5.48. The van der Waals surface area contributed by atoms with Gasteiger partial charge >= 0.3 is 0 Å². The number of nitrogens with two attached hydrogens (primary N) is 1. The van der Waals surface area contributed by atoms with Gasteiger partial charge in [-0.25, -0.2) is 0 Å². The second-order valence-electron chi connectivity index (χ2n) is 4.13. The van der Waals surface area contributed by atoms with Crippen LogP contribution < -0.4 is 5.73 Å². The summed E-state index contributed by atoms with van der Waals surface area (Å²) in [5.74, 6) is 0.716. The van der Waals surface area contributed by atoms with Gasteiger partial charge in [-0.2, -0.15) is 0 Å². The minimum atomic E-state index is 0.148. The maximum absolute atomic E-state index is 6.05. The van der Waals surface area contributed by atoms with E-state index in [1.54, 1.807) is 0 Å². The van der Waals surface area contributed by atoms with E-state index >= 15 is 0 Å². The van der Waals surface area contributed by atoms with Gasteiger partial charge in [0.05, 0.1) is 0 Å². The SMILES string of the molecule is CC(C)CCC(N)c1ccc(Cl)cc1. The second-order valence-corrected chi connectivity index (χ2v) is 4.57. The molecule has 0 fully saturated rings. The molecule has 0 aliphatic carbocycles. The largest absolute Gasteiger partial charge is 0.324 e. The van der Waals surface area contributed by atoms with Gasteiger partial charge in [-0.1, -0.05) is 37.6 Å². The van der Waals surface area contributed by atoms with E-state index in [2.05, 4.69) is 13.8 Å². The van der Waals surface area contributed by atoms with E-state index in [1.807, 2.05) is 24.3 Å². The van der Waals surface area contributed by atoms with E-state index < -0.39 is 0 Å². The average Bonchev–Trinajstić information content (AvgIpc) is 2.15. The van der Waals surface area contributed by atoms with Gasteiger partial charge in [0.2, 0.25) is 0 Å². The van der Waals surface area contributed by atoms with Gasteiger partial charge in [-0.3, -0.25) is 0 Å². The lowest BCUT2D eigenvalue weighted by atomic mass is 9.98. The van der Waals surface area contributed by atoms with Gasteiger partial charge in [-0.15, -0.1) is 0 Å². The first-order chi connectivity index (χ1) is 6.59. The number of halogens is 1. The van der Waals surface area contributed by atoms with Crippen molar-refractivity contribution in [3.05, 3.63) is 34.9 Å². The van der Waals surface area contributed by atoms with E-state index in [4.69, 9.17) is 17.3 Å². The first-order valence-electron chi connectivity index (χ1n) is 5.10. The van der Waals surface area contributed by atoms with Crippen molar-refractivity contribution < 1.29 is 0 Å². The van der Waals surface area contributed by atoms with E-state index in [0.29, 0.717) is 5.92 Å². The highest BCUT2D eigenvalue weighted by atomic mass is 35.5. The fourth-order valence-corrected chi connectivity index (χ4v) is 1.52.